The van der Waals surface area contributed by atoms with E-state index < -0.39 is 28.3 Å². The smallest absolute Gasteiger partial charge is 0.264 e. The highest BCUT2D eigenvalue weighted by Crippen LogP contribution is 2.25. The molecule has 3 aromatic carbocycles. The second-order valence-corrected chi connectivity index (χ2v) is 8.84. The first-order chi connectivity index (χ1) is 15.8. The molecule has 0 heterocycles. The molecule has 1 N–H and O–H groups in total. The van der Waals surface area contributed by atoms with Crippen molar-refractivity contribution in [2.24, 2.45) is 0 Å². The van der Waals surface area contributed by atoms with Crippen LogP contribution in [0.2, 0.25) is 0 Å². The number of amides is 1. The lowest BCUT2D eigenvalue weighted by atomic mass is 10.2. The van der Waals surface area contributed by atoms with E-state index in [-0.39, 0.29) is 17.1 Å². The third-order valence-corrected chi connectivity index (χ3v) is 6.59. The molecule has 0 aromatic heterocycles. The van der Waals surface area contributed by atoms with Crippen LogP contribution in [-0.2, 0) is 21.4 Å². The second kappa shape index (κ2) is 10.8. The van der Waals surface area contributed by atoms with Gasteiger partial charge in [-0.2, -0.15) is 0 Å². The molecule has 0 unspecified atom stereocenters. The molecule has 7 nitrogen and oxygen atoms in total. The summed E-state index contributed by atoms with van der Waals surface area (Å²) >= 11 is 0. The third-order valence-electron chi connectivity index (χ3n) is 4.80. The number of rotatable bonds is 10. The molecule has 3 aromatic rings. The fourth-order valence-electron chi connectivity index (χ4n) is 3.12. The van der Waals surface area contributed by atoms with Crippen molar-refractivity contribution >= 4 is 21.6 Å². The predicted octanol–water partition coefficient (Wildman–Crippen LogP) is 3.74. The molecule has 33 heavy (non-hydrogen) atoms. The normalized spacial score (nSPS) is 11.0. The van der Waals surface area contributed by atoms with Crippen LogP contribution in [0.1, 0.15) is 12.5 Å². The van der Waals surface area contributed by atoms with Gasteiger partial charge in [0.1, 0.15) is 23.9 Å². The number of nitrogens with one attached hydrogen (secondary N) is 1. The van der Waals surface area contributed by atoms with Crippen LogP contribution in [0.4, 0.5) is 10.1 Å². The number of hydrogen-bond donors (Lipinski definition) is 1. The molecule has 0 radical (unpaired) electrons. The Morgan fingerprint density at radius 3 is 2.30 bits per heavy atom. The lowest BCUT2D eigenvalue weighted by Crippen LogP contribution is -2.40. The second-order valence-electron chi connectivity index (χ2n) is 6.98. The van der Waals surface area contributed by atoms with Crippen LogP contribution < -0.4 is 19.1 Å². The van der Waals surface area contributed by atoms with Crippen molar-refractivity contribution < 1.29 is 27.1 Å². The highest BCUT2D eigenvalue weighted by atomic mass is 32.2. The minimum absolute atomic E-state index is 0.0258. The van der Waals surface area contributed by atoms with Crippen molar-refractivity contribution in [1.82, 2.24) is 5.32 Å². The monoisotopic (exact) mass is 472 g/mol. The van der Waals surface area contributed by atoms with Crippen molar-refractivity contribution in [2.45, 2.75) is 18.4 Å². The van der Waals surface area contributed by atoms with E-state index >= 15 is 0 Å². The lowest BCUT2D eigenvalue weighted by Gasteiger charge is -2.24. The van der Waals surface area contributed by atoms with Crippen molar-refractivity contribution in [2.75, 3.05) is 24.6 Å². The molecule has 0 atom stereocenters. The first-order valence-electron chi connectivity index (χ1n) is 10.2. The summed E-state index contributed by atoms with van der Waals surface area (Å²) in [4.78, 5) is 12.7. The summed E-state index contributed by atoms with van der Waals surface area (Å²) in [6.07, 6.45) is 0. The number of carbonyl (C=O) groups excluding carboxylic acids is 1. The minimum atomic E-state index is -4.12. The van der Waals surface area contributed by atoms with Crippen molar-refractivity contribution in [3.63, 3.8) is 0 Å². The lowest BCUT2D eigenvalue weighted by molar-refractivity contribution is -0.119. The van der Waals surface area contributed by atoms with Crippen LogP contribution in [-0.4, -0.2) is 34.6 Å². The number of sulfonamides is 1. The van der Waals surface area contributed by atoms with Crippen LogP contribution >= 0.6 is 0 Å². The average Bonchev–Trinajstić information content (AvgIpc) is 2.83. The number of benzene rings is 3. The topological polar surface area (TPSA) is 84.9 Å². The molecule has 3 rings (SSSR count). The molecule has 0 saturated heterocycles. The molecule has 0 fully saturated rings. The number of anilines is 1. The summed E-state index contributed by atoms with van der Waals surface area (Å²) in [5, 5.41) is 2.73. The van der Waals surface area contributed by atoms with E-state index in [2.05, 4.69) is 5.32 Å². The molecule has 0 bridgehead atoms. The van der Waals surface area contributed by atoms with Crippen LogP contribution in [0.3, 0.4) is 0 Å². The average molecular weight is 473 g/mol. The Bertz CT molecular complexity index is 1180. The SMILES string of the molecule is CCOc1ccccc1CNC(=O)CN(c1ccc(F)cc1)S(=O)(=O)c1ccc(OC)cc1. The van der Waals surface area contributed by atoms with E-state index in [4.69, 9.17) is 9.47 Å². The summed E-state index contributed by atoms with van der Waals surface area (Å²) in [5.74, 6) is 0.0924. The molecular weight excluding hydrogens is 447 g/mol. The molecule has 0 aliphatic heterocycles. The molecule has 0 spiro atoms. The Labute approximate surface area is 192 Å². The molecular formula is C24H25FN2O5S. The maximum absolute atomic E-state index is 13.5. The highest BCUT2D eigenvalue weighted by molar-refractivity contribution is 7.92. The number of ether oxygens (including phenoxy) is 2. The van der Waals surface area contributed by atoms with Crippen LogP contribution in [0.5, 0.6) is 11.5 Å². The number of methoxy groups -OCH3 is 1. The fourth-order valence-corrected chi connectivity index (χ4v) is 4.54. The maximum atomic E-state index is 13.5. The van der Waals surface area contributed by atoms with E-state index in [1.165, 1.54) is 43.5 Å². The zero-order chi connectivity index (χ0) is 23.8. The third kappa shape index (κ3) is 6.01. The summed E-state index contributed by atoms with van der Waals surface area (Å²) in [6, 6.07) is 18.0. The molecule has 1 amide bonds. The zero-order valence-electron chi connectivity index (χ0n) is 18.3. The van der Waals surface area contributed by atoms with Crippen LogP contribution in [0, 0.1) is 5.82 Å². The van der Waals surface area contributed by atoms with E-state index in [1.807, 2.05) is 25.1 Å². The molecule has 174 valence electrons. The Morgan fingerprint density at radius 1 is 1.00 bits per heavy atom. The zero-order valence-corrected chi connectivity index (χ0v) is 19.1. The highest BCUT2D eigenvalue weighted by Gasteiger charge is 2.27. The van der Waals surface area contributed by atoms with Gasteiger partial charge in [0, 0.05) is 12.1 Å². The van der Waals surface area contributed by atoms with Crippen LogP contribution in [0.15, 0.2) is 77.7 Å². The summed E-state index contributed by atoms with van der Waals surface area (Å²) < 4.78 is 51.7. The van der Waals surface area contributed by atoms with Gasteiger partial charge in [0.15, 0.2) is 0 Å². The molecule has 0 aliphatic carbocycles. The largest absolute Gasteiger partial charge is 0.497 e. The Morgan fingerprint density at radius 2 is 1.67 bits per heavy atom. The summed E-state index contributed by atoms with van der Waals surface area (Å²) in [7, 11) is -2.64. The first kappa shape index (κ1) is 24.1. The number of carbonyl (C=O) groups is 1. The number of para-hydroxylation sites is 1. The number of hydrogen-bond acceptors (Lipinski definition) is 5. The van der Waals surface area contributed by atoms with Gasteiger partial charge in [-0.3, -0.25) is 9.10 Å². The first-order valence-corrected chi connectivity index (χ1v) is 11.7. The van der Waals surface area contributed by atoms with Gasteiger partial charge in [0.2, 0.25) is 5.91 Å². The number of nitrogens with zero attached hydrogens (tertiary/aromatic N) is 1. The van der Waals surface area contributed by atoms with Crippen molar-refractivity contribution in [3.05, 3.63) is 84.2 Å². The number of halogens is 1. The minimum Gasteiger partial charge on any atom is -0.497 e. The van der Waals surface area contributed by atoms with Crippen molar-refractivity contribution in [3.8, 4) is 11.5 Å². The van der Waals surface area contributed by atoms with Gasteiger partial charge in [-0.05, 0) is 61.5 Å². The van der Waals surface area contributed by atoms with E-state index in [0.717, 1.165) is 22.0 Å². The van der Waals surface area contributed by atoms with E-state index in [0.29, 0.717) is 18.1 Å². The van der Waals surface area contributed by atoms with Gasteiger partial charge in [-0.1, -0.05) is 18.2 Å². The summed E-state index contributed by atoms with van der Waals surface area (Å²) in [5.41, 5.74) is 0.927. The fraction of sp³-hybridized carbons (Fsp3) is 0.208. The predicted molar refractivity (Wildman–Crippen MR) is 123 cm³/mol. The van der Waals surface area contributed by atoms with Gasteiger partial charge in [-0.25, -0.2) is 12.8 Å². The molecule has 0 saturated carbocycles. The van der Waals surface area contributed by atoms with E-state index in [9.17, 15) is 17.6 Å². The van der Waals surface area contributed by atoms with Crippen LogP contribution in [0.25, 0.3) is 0 Å². The van der Waals surface area contributed by atoms with Gasteiger partial charge in [0.25, 0.3) is 10.0 Å². The van der Waals surface area contributed by atoms with E-state index in [1.54, 1.807) is 6.07 Å². The standard InChI is InChI=1S/C24H25FN2O5S/c1-3-32-23-7-5-4-6-18(23)16-26-24(28)17-27(20-10-8-19(25)9-11-20)33(29,30)22-14-12-21(31-2)13-15-22/h4-15H,3,16-17H2,1-2H3,(H,26,28). The van der Waals surface area contributed by atoms with Crippen molar-refractivity contribution in [1.29, 1.82) is 0 Å². The Kier molecular flexibility index (Phi) is 7.89. The quantitative estimate of drug-likeness (QED) is 0.486. The van der Waals surface area contributed by atoms with Gasteiger partial charge in [-0.15, -0.1) is 0 Å². The Balaban J connectivity index is 1.84. The summed E-state index contributed by atoms with van der Waals surface area (Å²) in [6.45, 7) is 2.01. The van der Waals surface area contributed by atoms with Gasteiger partial charge >= 0.3 is 0 Å². The van der Waals surface area contributed by atoms with Gasteiger partial charge < -0.3 is 14.8 Å². The molecule has 9 heteroatoms. The maximum Gasteiger partial charge on any atom is 0.264 e. The molecule has 0 aliphatic rings. The Hall–Kier alpha value is -3.59. The van der Waals surface area contributed by atoms with Gasteiger partial charge in [0.05, 0.1) is 24.3 Å².